The fourth-order valence-corrected chi connectivity index (χ4v) is 1.29. The average molecular weight is 211 g/mol. The Kier molecular flexibility index (Phi) is 3.50. The molecule has 1 atom stereocenters. The van der Waals surface area contributed by atoms with Crippen LogP contribution in [0.2, 0.25) is 0 Å². The molecule has 0 aromatic carbocycles. The van der Waals surface area contributed by atoms with Gasteiger partial charge in [-0.15, -0.1) is 0 Å². The van der Waals surface area contributed by atoms with Crippen LogP contribution in [-0.2, 0) is 4.75 Å². The molecule has 0 saturated heterocycles. The summed E-state index contributed by atoms with van der Waals surface area (Å²) in [6, 6.07) is 1.83. The zero-order valence-electron chi connectivity index (χ0n) is 9.11. The maximum atomic E-state index is 5.77. The minimum atomic E-state index is -0.0507. The molecule has 0 radical (unpaired) electrons. The van der Waals surface area contributed by atoms with Gasteiger partial charge in [0, 0.05) is 12.2 Å². The van der Waals surface area contributed by atoms with Crippen LogP contribution in [0.4, 0.5) is 0 Å². The average Bonchev–Trinajstić information content (AvgIpc) is 2.18. The van der Waals surface area contributed by atoms with E-state index in [9.17, 15) is 0 Å². The van der Waals surface area contributed by atoms with E-state index in [1.54, 1.807) is 18.0 Å². The van der Waals surface area contributed by atoms with Crippen LogP contribution in [0, 0.1) is 0 Å². The SMILES string of the molecule is CSC(C)(C)c1nccc(C(C)N)n1. The highest BCUT2D eigenvalue weighted by atomic mass is 32.2. The summed E-state index contributed by atoms with van der Waals surface area (Å²) in [6.45, 7) is 6.15. The third kappa shape index (κ3) is 2.45. The van der Waals surface area contributed by atoms with Gasteiger partial charge in [-0.3, -0.25) is 0 Å². The number of nitrogens with zero attached hydrogens (tertiary/aromatic N) is 2. The largest absolute Gasteiger partial charge is 0.323 e. The highest BCUT2D eigenvalue weighted by Gasteiger charge is 2.22. The summed E-state index contributed by atoms with van der Waals surface area (Å²) in [7, 11) is 0. The van der Waals surface area contributed by atoms with E-state index in [0.717, 1.165) is 11.5 Å². The van der Waals surface area contributed by atoms with Crippen LogP contribution >= 0.6 is 11.8 Å². The molecule has 0 fully saturated rings. The monoisotopic (exact) mass is 211 g/mol. The van der Waals surface area contributed by atoms with Gasteiger partial charge >= 0.3 is 0 Å². The molecule has 1 heterocycles. The Morgan fingerprint density at radius 2 is 2.14 bits per heavy atom. The van der Waals surface area contributed by atoms with Gasteiger partial charge in [0.05, 0.1) is 10.4 Å². The van der Waals surface area contributed by atoms with Crippen LogP contribution in [0.15, 0.2) is 12.3 Å². The molecule has 1 aromatic heterocycles. The summed E-state index contributed by atoms with van der Waals surface area (Å²) in [5, 5.41) is 0. The molecule has 1 aromatic rings. The molecule has 14 heavy (non-hydrogen) atoms. The molecule has 4 heteroatoms. The van der Waals surface area contributed by atoms with Gasteiger partial charge < -0.3 is 5.73 Å². The van der Waals surface area contributed by atoms with E-state index in [1.165, 1.54) is 0 Å². The Morgan fingerprint density at radius 1 is 1.50 bits per heavy atom. The van der Waals surface area contributed by atoms with Crippen LogP contribution in [0.5, 0.6) is 0 Å². The molecule has 3 nitrogen and oxygen atoms in total. The molecule has 0 aliphatic heterocycles. The number of hydrogen-bond acceptors (Lipinski definition) is 4. The molecule has 1 unspecified atom stereocenters. The molecule has 78 valence electrons. The first-order valence-corrected chi connectivity index (χ1v) is 5.84. The summed E-state index contributed by atoms with van der Waals surface area (Å²) in [6.07, 6.45) is 3.83. The standard InChI is InChI=1S/C10H17N3S/c1-7(11)8-5-6-12-9(13-8)10(2,3)14-4/h5-7H,11H2,1-4H3. The Labute approximate surface area is 89.5 Å². The lowest BCUT2D eigenvalue weighted by molar-refractivity contribution is 0.677. The van der Waals surface area contributed by atoms with Crippen molar-refractivity contribution < 1.29 is 0 Å². The van der Waals surface area contributed by atoms with Gasteiger partial charge in [-0.2, -0.15) is 11.8 Å². The van der Waals surface area contributed by atoms with E-state index in [1.807, 2.05) is 13.0 Å². The Morgan fingerprint density at radius 3 is 2.64 bits per heavy atom. The molecular formula is C10H17N3S. The minimum absolute atomic E-state index is 0.0330. The lowest BCUT2D eigenvalue weighted by Gasteiger charge is -2.20. The lowest BCUT2D eigenvalue weighted by atomic mass is 10.1. The minimum Gasteiger partial charge on any atom is -0.323 e. The Balaban J connectivity index is 3.05. The van der Waals surface area contributed by atoms with Crippen molar-refractivity contribution in [2.75, 3.05) is 6.26 Å². The molecule has 0 spiro atoms. The smallest absolute Gasteiger partial charge is 0.144 e. The van der Waals surface area contributed by atoms with Gasteiger partial charge in [-0.1, -0.05) is 0 Å². The summed E-state index contributed by atoms with van der Waals surface area (Å²) in [4.78, 5) is 8.73. The van der Waals surface area contributed by atoms with E-state index >= 15 is 0 Å². The second kappa shape index (κ2) is 4.28. The summed E-state index contributed by atoms with van der Waals surface area (Å²) in [5.74, 6) is 0.847. The molecule has 0 aliphatic rings. The van der Waals surface area contributed by atoms with E-state index in [-0.39, 0.29) is 10.8 Å². The molecule has 0 bridgehead atoms. The topological polar surface area (TPSA) is 51.8 Å². The second-order valence-corrected chi connectivity index (χ2v) is 5.24. The van der Waals surface area contributed by atoms with Crippen molar-refractivity contribution in [1.82, 2.24) is 9.97 Å². The number of hydrogen-bond donors (Lipinski definition) is 1. The van der Waals surface area contributed by atoms with Crippen molar-refractivity contribution in [3.05, 3.63) is 23.8 Å². The van der Waals surface area contributed by atoms with Gasteiger partial charge in [-0.25, -0.2) is 9.97 Å². The van der Waals surface area contributed by atoms with Crippen LogP contribution in [0.25, 0.3) is 0 Å². The highest BCUT2D eigenvalue weighted by molar-refractivity contribution is 7.99. The maximum absolute atomic E-state index is 5.77. The quantitative estimate of drug-likeness (QED) is 0.832. The van der Waals surface area contributed by atoms with E-state index in [2.05, 4.69) is 30.1 Å². The van der Waals surface area contributed by atoms with Gasteiger partial charge in [0.1, 0.15) is 5.82 Å². The third-order valence-electron chi connectivity index (χ3n) is 2.19. The summed E-state index contributed by atoms with van der Waals surface area (Å²) < 4.78 is -0.0507. The molecule has 0 aliphatic carbocycles. The molecule has 0 amide bonds. The van der Waals surface area contributed by atoms with Crippen LogP contribution in [0.1, 0.15) is 38.3 Å². The van der Waals surface area contributed by atoms with Crippen molar-refractivity contribution in [1.29, 1.82) is 0 Å². The zero-order chi connectivity index (χ0) is 10.8. The highest BCUT2D eigenvalue weighted by Crippen LogP contribution is 2.30. The van der Waals surface area contributed by atoms with Crippen LogP contribution in [0.3, 0.4) is 0 Å². The van der Waals surface area contributed by atoms with Crippen molar-refractivity contribution in [2.24, 2.45) is 5.73 Å². The number of thioether (sulfide) groups is 1. The van der Waals surface area contributed by atoms with Gasteiger partial charge in [-0.05, 0) is 33.1 Å². The summed E-state index contributed by atoms with van der Waals surface area (Å²) >= 11 is 1.73. The lowest BCUT2D eigenvalue weighted by Crippen LogP contribution is -2.18. The first kappa shape index (κ1) is 11.5. The third-order valence-corrected chi connectivity index (χ3v) is 3.40. The Hall–Kier alpha value is -0.610. The number of nitrogens with two attached hydrogens (primary N) is 1. The molecular weight excluding hydrogens is 194 g/mol. The molecule has 1 rings (SSSR count). The van der Waals surface area contributed by atoms with Gasteiger partial charge in [0.15, 0.2) is 0 Å². The van der Waals surface area contributed by atoms with E-state index in [4.69, 9.17) is 5.73 Å². The molecule has 2 N–H and O–H groups in total. The van der Waals surface area contributed by atoms with Gasteiger partial charge in [0.2, 0.25) is 0 Å². The fraction of sp³-hybridized carbons (Fsp3) is 0.600. The predicted octanol–water partition coefficient (Wildman–Crippen LogP) is 2.09. The number of rotatable bonds is 3. The van der Waals surface area contributed by atoms with Crippen LogP contribution in [-0.4, -0.2) is 16.2 Å². The van der Waals surface area contributed by atoms with Crippen molar-refractivity contribution in [3.63, 3.8) is 0 Å². The first-order valence-electron chi connectivity index (χ1n) is 4.61. The van der Waals surface area contributed by atoms with Gasteiger partial charge in [0.25, 0.3) is 0 Å². The first-order chi connectivity index (χ1) is 6.47. The maximum Gasteiger partial charge on any atom is 0.144 e. The fourth-order valence-electron chi connectivity index (χ4n) is 1.01. The van der Waals surface area contributed by atoms with Crippen LogP contribution < -0.4 is 5.73 Å². The van der Waals surface area contributed by atoms with Crippen molar-refractivity contribution >= 4 is 11.8 Å². The van der Waals surface area contributed by atoms with Crippen molar-refractivity contribution in [2.45, 2.75) is 31.6 Å². The summed E-state index contributed by atoms with van der Waals surface area (Å²) in [5.41, 5.74) is 6.67. The normalized spacial score (nSPS) is 14.1. The second-order valence-electron chi connectivity index (χ2n) is 3.81. The zero-order valence-corrected chi connectivity index (χ0v) is 9.93. The van der Waals surface area contributed by atoms with E-state index in [0.29, 0.717) is 0 Å². The predicted molar refractivity (Wildman–Crippen MR) is 61.2 cm³/mol. The number of aromatic nitrogens is 2. The van der Waals surface area contributed by atoms with E-state index < -0.39 is 0 Å². The van der Waals surface area contributed by atoms with Crippen molar-refractivity contribution in [3.8, 4) is 0 Å². The molecule has 0 saturated carbocycles. The Bertz CT molecular complexity index is 310.